The summed E-state index contributed by atoms with van der Waals surface area (Å²) >= 11 is 0. The highest BCUT2D eigenvalue weighted by molar-refractivity contribution is 7.51. The summed E-state index contributed by atoms with van der Waals surface area (Å²) in [5, 5.41) is 3.04. The summed E-state index contributed by atoms with van der Waals surface area (Å²) in [5.74, 6) is 0. The Balaban J connectivity index is 4.35. The lowest BCUT2D eigenvalue weighted by Gasteiger charge is -2.30. The summed E-state index contributed by atoms with van der Waals surface area (Å²) in [4.78, 5) is 0. The normalized spacial score (nSPS) is 13.0. The fraction of sp³-hybridized carbons (Fsp3) is 1.00. The fourth-order valence-electron chi connectivity index (χ4n) is 1.69. The Morgan fingerprint density at radius 3 is 2.00 bits per heavy atom. The molecule has 0 saturated heterocycles. The van der Waals surface area contributed by atoms with Gasteiger partial charge in [0.1, 0.15) is 0 Å². The molecule has 0 amide bonds. The Labute approximate surface area is 106 Å². The number of nitrogens with one attached hydrogen (secondary N) is 1. The molecular formula is C12H28NO3P. The van der Waals surface area contributed by atoms with E-state index >= 15 is 0 Å². The average molecular weight is 265 g/mol. The molecule has 0 rings (SSSR count). The Morgan fingerprint density at radius 1 is 1.06 bits per heavy atom. The van der Waals surface area contributed by atoms with Crippen LogP contribution in [-0.2, 0) is 13.6 Å². The van der Waals surface area contributed by atoms with Crippen molar-refractivity contribution in [2.45, 2.75) is 65.8 Å². The van der Waals surface area contributed by atoms with Crippen LogP contribution in [0.25, 0.3) is 0 Å². The summed E-state index contributed by atoms with van der Waals surface area (Å²) in [5.41, 5.74) is -0.227. The van der Waals surface area contributed by atoms with E-state index in [1.165, 1.54) is 12.8 Å². The largest absolute Gasteiger partial charge is 0.405 e. The summed E-state index contributed by atoms with van der Waals surface area (Å²) in [6.07, 6.45) is 4.46. The zero-order chi connectivity index (χ0) is 13.4. The number of hydrogen-bond donors (Lipinski definition) is 1. The molecule has 0 spiro atoms. The van der Waals surface area contributed by atoms with Gasteiger partial charge < -0.3 is 0 Å². The standard InChI is InChI=1S/C12H28NO3P/c1-6-9-10-11-12(4,5)13-17(14,15-7-2)16-8-3/h6-11H2,1-5H3,(H,13,14). The van der Waals surface area contributed by atoms with Crippen LogP contribution in [0.2, 0.25) is 0 Å². The highest BCUT2D eigenvalue weighted by atomic mass is 31.2. The van der Waals surface area contributed by atoms with Crippen LogP contribution >= 0.6 is 7.75 Å². The second kappa shape index (κ2) is 8.25. The van der Waals surface area contributed by atoms with Crippen LogP contribution < -0.4 is 5.09 Å². The molecule has 17 heavy (non-hydrogen) atoms. The lowest BCUT2D eigenvalue weighted by molar-refractivity contribution is 0.197. The van der Waals surface area contributed by atoms with E-state index in [0.717, 1.165) is 12.8 Å². The minimum absolute atomic E-state index is 0.227. The van der Waals surface area contributed by atoms with E-state index in [0.29, 0.717) is 13.2 Å². The molecule has 0 saturated carbocycles. The van der Waals surface area contributed by atoms with Crippen LogP contribution in [0.1, 0.15) is 60.3 Å². The van der Waals surface area contributed by atoms with Gasteiger partial charge >= 0.3 is 7.75 Å². The monoisotopic (exact) mass is 265 g/mol. The van der Waals surface area contributed by atoms with Crippen molar-refractivity contribution in [2.75, 3.05) is 13.2 Å². The van der Waals surface area contributed by atoms with Gasteiger partial charge in [0.2, 0.25) is 0 Å². The van der Waals surface area contributed by atoms with E-state index in [9.17, 15) is 4.57 Å². The first-order chi connectivity index (χ1) is 7.89. The Bertz CT molecular complexity index is 234. The van der Waals surface area contributed by atoms with Crippen LogP contribution in [0.5, 0.6) is 0 Å². The SMILES string of the molecule is CCCCCC(C)(C)NP(=O)(OCC)OCC. The fourth-order valence-corrected chi connectivity index (χ4v) is 3.42. The second-order valence-corrected chi connectivity index (χ2v) is 6.52. The van der Waals surface area contributed by atoms with Crippen molar-refractivity contribution in [3.05, 3.63) is 0 Å². The maximum absolute atomic E-state index is 12.3. The predicted molar refractivity (Wildman–Crippen MR) is 72.2 cm³/mol. The lowest BCUT2D eigenvalue weighted by atomic mass is 9.98. The number of rotatable bonds is 10. The van der Waals surface area contributed by atoms with Crippen LogP contribution in [0.4, 0.5) is 0 Å². The molecule has 0 heterocycles. The smallest absolute Gasteiger partial charge is 0.297 e. The van der Waals surface area contributed by atoms with Gasteiger partial charge in [-0.25, -0.2) is 9.65 Å². The van der Waals surface area contributed by atoms with Gasteiger partial charge in [-0.2, -0.15) is 0 Å². The first-order valence-corrected chi connectivity index (χ1v) is 8.12. The molecule has 0 aliphatic rings. The third kappa shape index (κ3) is 7.93. The molecule has 0 radical (unpaired) electrons. The molecule has 1 N–H and O–H groups in total. The van der Waals surface area contributed by atoms with E-state index in [4.69, 9.17) is 9.05 Å². The van der Waals surface area contributed by atoms with Crippen LogP contribution in [0.3, 0.4) is 0 Å². The summed E-state index contributed by atoms with van der Waals surface area (Å²) in [7, 11) is -3.14. The van der Waals surface area contributed by atoms with Crippen molar-refractivity contribution in [2.24, 2.45) is 0 Å². The van der Waals surface area contributed by atoms with Crippen molar-refractivity contribution in [3.8, 4) is 0 Å². The Morgan fingerprint density at radius 2 is 1.59 bits per heavy atom. The first-order valence-electron chi connectivity index (χ1n) is 6.57. The first kappa shape index (κ1) is 17.1. The molecule has 0 atom stereocenters. The second-order valence-electron chi connectivity index (χ2n) is 4.79. The highest BCUT2D eigenvalue weighted by Gasteiger charge is 2.31. The van der Waals surface area contributed by atoms with Gasteiger partial charge in [-0.15, -0.1) is 0 Å². The third-order valence-electron chi connectivity index (χ3n) is 2.44. The number of hydrogen-bond acceptors (Lipinski definition) is 3. The maximum atomic E-state index is 12.3. The summed E-state index contributed by atoms with van der Waals surface area (Å²) < 4.78 is 22.8. The van der Waals surface area contributed by atoms with Crippen molar-refractivity contribution >= 4 is 7.75 Å². The molecule has 0 bridgehead atoms. The van der Waals surface area contributed by atoms with Gasteiger partial charge in [0, 0.05) is 5.54 Å². The van der Waals surface area contributed by atoms with Gasteiger partial charge in [-0.05, 0) is 34.1 Å². The van der Waals surface area contributed by atoms with Crippen molar-refractivity contribution in [3.63, 3.8) is 0 Å². The highest BCUT2D eigenvalue weighted by Crippen LogP contribution is 2.46. The van der Waals surface area contributed by atoms with Crippen LogP contribution in [-0.4, -0.2) is 18.8 Å². The van der Waals surface area contributed by atoms with Gasteiger partial charge in [-0.3, -0.25) is 9.05 Å². The molecule has 0 aromatic rings. The van der Waals surface area contributed by atoms with Crippen molar-refractivity contribution < 1.29 is 13.6 Å². The van der Waals surface area contributed by atoms with Crippen LogP contribution in [0, 0.1) is 0 Å². The predicted octanol–water partition coefficient (Wildman–Crippen LogP) is 4.12. The zero-order valence-corrected chi connectivity index (χ0v) is 12.8. The minimum Gasteiger partial charge on any atom is -0.297 e. The zero-order valence-electron chi connectivity index (χ0n) is 11.9. The molecular weight excluding hydrogens is 237 g/mol. The molecule has 0 aliphatic heterocycles. The van der Waals surface area contributed by atoms with E-state index in [1.54, 1.807) is 0 Å². The minimum atomic E-state index is -3.14. The van der Waals surface area contributed by atoms with Gasteiger partial charge in [0.05, 0.1) is 13.2 Å². The molecule has 5 heteroatoms. The maximum Gasteiger partial charge on any atom is 0.405 e. The quantitative estimate of drug-likeness (QED) is 0.477. The van der Waals surface area contributed by atoms with Gasteiger partial charge in [0.15, 0.2) is 0 Å². The molecule has 4 nitrogen and oxygen atoms in total. The van der Waals surface area contributed by atoms with Gasteiger partial charge in [-0.1, -0.05) is 26.2 Å². The molecule has 0 aliphatic carbocycles. The van der Waals surface area contributed by atoms with E-state index < -0.39 is 7.75 Å². The van der Waals surface area contributed by atoms with E-state index in [2.05, 4.69) is 12.0 Å². The third-order valence-corrected chi connectivity index (χ3v) is 4.52. The van der Waals surface area contributed by atoms with E-state index in [-0.39, 0.29) is 5.54 Å². The summed E-state index contributed by atoms with van der Waals surface area (Å²) in [6.45, 7) is 10.6. The topological polar surface area (TPSA) is 47.6 Å². The molecule has 104 valence electrons. The Hall–Kier alpha value is 0.110. The molecule has 0 unspecified atom stereocenters. The van der Waals surface area contributed by atoms with Crippen molar-refractivity contribution in [1.29, 1.82) is 0 Å². The summed E-state index contributed by atoms with van der Waals surface area (Å²) in [6, 6.07) is 0. The van der Waals surface area contributed by atoms with Crippen molar-refractivity contribution in [1.82, 2.24) is 5.09 Å². The average Bonchev–Trinajstić information content (AvgIpc) is 2.17. The van der Waals surface area contributed by atoms with E-state index in [1.807, 2.05) is 27.7 Å². The lowest BCUT2D eigenvalue weighted by Crippen LogP contribution is -2.37. The number of unbranched alkanes of at least 4 members (excludes halogenated alkanes) is 2. The van der Waals surface area contributed by atoms with Crippen LogP contribution in [0.15, 0.2) is 0 Å². The molecule has 0 fully saturated rings. The van der Waals surface area contributed by atoms with Gasteiger partial charge in [0.25, 0.3) is 0 Å². The Kier molecular flexibility index (Phi) is 8.31. The molecule has 0 aromatic carbocycles. The molecule has 0 aromatic heterocycles.